The van der Waals surface area contributed by atoms with Gasteiger partial charge < -0.3 is 9.32 Å². The molecule has 3 aromatic carbocycles. The van der Waals surface area contributed by atoms with Crippen LogP contribution in [-0.4, -0.2) is 36.1 Å². The van der Waals surface area contributed by atoms with Crippen LogP contribution in [0.2, 0.25) is 0 Å². The molecular weight excluding hydrogens is 346 g/mol. The summed E-state index contributed by atoms with van der Waals surface area (Å²) >= 11 is 0. The number of nitrogens with zero attached hydrogens (tertiary/aromatic N) is 3. The minimum absolute atomic E-state index is 0.681. The van der Waals surface area contributed by atoms with E-state index in [-0.39, 0.29) is 0 Å². The van der Waals surface area contributed by atoms with Crippen LogP contribution >= 0.6 is 0 Å². The Balaban J connectivity index is 1.24. The van der Waals surface area contributed by atoms with E-state index in [1.54, 1.807) is 0 Å². The highest BCUT2D eigenvalue weighted by Gasteiger charge is 2.17. The lowest BCUT2D eigenvalue weighted by Gasteiger charge is -2.36. The summed E-state index contributed by atoms with van der Waals surface area (Å²) in [7, 11) is 0. The molecule has 0 aliphatic carbocycles. The second kappa shape index (κ2) is 7.49. The van der Waals surface area contributed by atoms with Crippen LogP contribution < -0.4 is 4.90 Å². The molecule has 140 valence electrons. The molecule has 0 atom stereocenters. The first-order valence-electron chi connectivity index (χ1n) is 9.82. The Kier molecular flexibility index (Phi) is 4.55. The van der Waals surface area contributed by atoms with Crippen molar-refractivity contribution in [2.75, 3.05) is 31.1 Å². The SMILES string of the molecule is c1ccc(CN2CCN(c3ccc(-c4nc5ccccc5o4)cc3)CC2)cc1. The molecule has 0 bridgehead atoms. The smallest absolute Gasteiger partial charge is 0.227 e. The summed E-state index contributed by atoms with van der Waals surface area (Å²) in [6.45, 7) is 5.30. The Labute approximate surface area is 165 Å². The highest BCUT2D eigenvalue weighted by molar-refractivity contribution is 5.76. The first kappa shape index (κ1) is 17.0. The van der Waals surface area contributed by atoms with Gasteiger partial charge in [0.15, 0.2) is 5.58 Å². The van der Waals surface area contributed by atoms with Crippen LogP contribution in [0.1, 0.15) is 5.56 Å². The third kappa shape index (κ3) is 3.51. The van der Waals surface area contributed by atoms with Gasteiger partial charge in [-0.2, -0.15) is 0 Å². The van der Waals surface area contributed by atoms with E-state index in [2.05, 4.69) is 69.4 Å². The Morgan fingerprint density at radius 2 is 1.46 bits per heavy atom. The maximum Gasteiger partial charge on any atom is 0.227 e. The lowest BCUT2D eigenvalue weighted by atomic mass is 10.1. The molecule has 28 heavy (non-hydrogen) atoms. The van der Waals surface area contributed by atoms with Gasteiger partial charge in [-0.15, -0.1) is 0 Å². The van der Waals surface area contributed by atoms with Gasteiger partial charge >= 0.3 is 0 Å². The summed E-state index contributed by atoms with van der Waals surface area (Å²) in [6, 6.07) is 27.2. The van der Waals surface area contributed by atoms with Crippen molar-refractivity contribution in [1.82, 2.24) is 9.88 Å². The zero-order chi connectivity index (χ0) is 18.8. The van der Waals surface area contributed by atoms with Crippen molar-refractivity contribution in [1.29, 1.82) is 0 Å². The minimum Gasteiger partial charge on any atom is -0.436 e. The van der Waals surface area contributed by atoms with Crippen molar-refractivity contribution in [3.63, 3.8) is 0 Å². The van der Waals surface area contributed by atoms with Gasteiger partial charge in [0.05, 0.1) is 0 Å². The molecule has 0 saturated carbocycles. The summed E-state index contributed by atoms with van der Waals surface area (Å²) in [5.74, 6) is 0.681. The zero-order valence-electron chi connectivity index (χ0n) is 15.8. The Bertz CT molecular complexity index is 1020. The molecule has 1 aromatic heterocycles. The fourth-order valence-electron chi connectivity index (χ4n) is 3.82. The van der Waals surface area contributed by atoms with E-state index in [1.807, 2.05) is 24.3 Å². The number of fused-ring (bicyclic) bond motifs is 1. The van der Waals surface area contributed by atoms with Crippen molar-refractivity contribution in [2.45, 2.75) is 6.54 Å². The molecule has 0 radical (unpaired) electrons. The number of benzene rings is 3. The van der Waals surface area contributed by atoms with E-state index in [4.69, 9.17) is 4.42 Å². The van der Waals surface area contributed by atoms with E-state index in [0.717, 1.165) is 49.4 Å². The van der Waals surface area contributed by atoms with Gasteiger partial charge in [-0.05, 0) is 42.0 Å². The van der Waals surface area contributed by atoms with Gasteiger partial charge in [0, 0.05) is 44.0 Å². The average Bonchev–Trinajstić information content (AvgIpc) is 3.20. The molecule has 0 unspecified atom stereocenters. The predicted molar refractivity (Wildman–Crippen MR) is 113 cm³/mol. The number of anilines is 1. The Morgan fingerprint density at radius 1 is 0.750 bits per heavy atom. The molecule has 1 fully saturated rings. The number of para-hydroxylation sites is 2. The standard InChI is InChI=1S/C24H23N3O/c1-2-6-19(7-3-1)18-26-14-16-27(17-15-26)21-12-10-20(11-13-21)24-25-22-8-4-5-9-23(22)28-24/h1-13H,14-18H2. The Morgan fingerprint density at radius 3 is 2.21 bits per heavy atom. The van der Waals surface area contributed by atoms with Gasteiger partial charge in [-0.1, -0.05) is 42.5 Å². The number of rotatable bonds is 4. The molecule has 2 heterocycles. The van der Waals surface area contributed by atoms with Gasteiger partial charge in [0.1, 0.15) is 5.52 Å². The predicted octanol–water partition coefficient (Wildman–Crippen LogP) is 4.82. The number of oxazole rings is 1. The third-order valence-electron chi connectivity index (χ3n) is 5.39. The largest absolute Gasteiger partial charge is 0.436 e. The molecule has 4 nitrogen and oxygen atoms in total. The van der Waals surface area contributed by atoms with Gasteiger partial charge in [-0.3, -0.25) is 4.90 Å². The first-order valence-corrected chi connectivity index (χ1v) is 9.82. The van der Waals surface area contributed by atoms with Crippen LogP contribution in [0.25, 0.3) is 22.6 Å². The van der Waals surface area contributed by atoms with Crippen LogP contribution in [0.15, 0.2) is 83.3 Å². The van der Waals surface area contributed by atoms with E-state index < -0.39 is 0 Å². The fraction of sp³-hybridized carbons (Fsp3) is 0.208. The van der Waals surface area contributed by atoms with Crippen molar-refractivity contribution < 1.29 is 4.42 Å². The monoisotopic (exact) mass is 369 g/mol. The number of piperazine rings is 1. The van der Waals surface area contributed by atoms with E-state index in [0.29, 0.717) is 5.89 Å². The fourth-order valence-corrected chi connectivity index (χ4v) is 3.82. The van der Waals surface area contributed by atoms with Gasteiger partial charge in [0.25, 0.3) is 0 Å². The first-order chi connectivity index (χ1) is 13.8. The minimum atomic E-state index is 0.681. The molecule has 1 saturated heterocycles. The maximum absolute atomic E-state index is 5.88. The molecule has 1 aliphatic heterocycles. The molecule has 0 spiro atoms. The summed E-state index contributed by atoms with van der Waals surface area (Å²) in [5.41, 5.74) is 5.40. The topological polar surface area (TPSA) is 32.5 Å². The molecular formula is C24H23N3O. The Hall–Kier alpha value is -3.11. The van der Waals surface area contributed by atoms with Crippen molar-refractivity contribution in [3.05, 3.63) is 84.4 Å². The molecule has 0 N–H and O–H groups in total. The second-order valence-electron chi connectivity index (χ2n) is 7.28. The average molecular weight is 369 g/mol. The van der Waals surface area contributed by atoms with Crippen molar-refractivity contribution in [2.24, 2.45) is 0 Å². The molecule has 0 amide bonds. The lowest BCUT2D eigenvalue weighted by Crippen LogP contribution is -2.45. The van der Waals surface area contributed by atoms with Gasteiger partial charge in [-0.25, -0.2) is 4.98 Å². The van der Waals surface area contributed by atoms with Crippen molar-refractivity contribution >= 4 is 16.8 Å². The number of hydrogen-bond donors (Lipinski definition) is 0. The van der Waals surface area contributed by atoms with Crippen LogP contribution in [0.5, 0.6) is 0 Å². The van der Waals surface area contributed by atoms with E-state index >= 15 is 0 Å². The van der Waals surface area contributed by atoms with Crippen LogP contribution in [0, 0.1) is 0 Å². The van der Waals surface area contributed by atoms with Crippen molar-refractivity contribution in [3.8, 4) is 11.5 Å². The van der Waals surface area contributed by atoms with Crippen LogP contribution in [0.4, 0.5) is 5.69 Å². The quantitative estimate of drug-likeness (QED) is 0.516. The van der Waals surface area contributed by atoms with Crippen LogP contribution in [0.3, 0.4) is 0 Å². The van der Waals surface area contributed by atoms with E-state index in [1.165, 1.54) is 11.3 Å². The summed E-state index contributed by atoms with van der Waals surface area (Å²) < 4.78 is 5.88. The molecule has 4 heteroatoms. The highest BCUT2D eigenvalue weighted by atomic mass is 16.3. The molecule has 1 aliphatic rings. The summed E-state index contributed by atoms with van der Waals surface area (Å²) in [6.07, 6.45) is 0. The molecule has 4 aromatic rings. The second-order valence-corrected chi connectivity index (χ2v) is 7.28. The third-order valence-corrected chi connectivity index (χ3v) is 5.39. The summed E-state index contributed by atoms with van der Waals surface area (Å²) in [5, 5.41) is 0. The number of hydrogen-bond acceptors (Lipinski definition) is 4. The van der Waals surface area contributed by atoms with Gasteiger partial charge in [0.2, 0.25) is 5.89 Å². The van der Waals surface area contributed by atoms with Crippen LogP contribution in [-0.2, 0) is 6.54 Å². The summed E-state index contributed by atoms with van der Waals surface area (Å²) in [4.78, 5) is 9.57. The zero-order valence-corrected chi connectivity index (χ0v) is 15.8. The normalized spacial score (nSPS) is 15.2. The molecule has 5 rings (SSSR count). The van der Waals surface area contributed by atoms with E-state index in [9.17, 15) is 0 Å². The highest BCUT2D eigenvalue weighted by Crippen LogP contribution is 2.26. The lowest BCUT2D eigenvalue weighted by molar-refractivity contribution is 0.250. The maximum atomic E-state index is 5.88. The number of aromatic nitrogens is 1.